The zero-order chi connectivity index (χ0) is 25.1. The van der Waals surface area contributed by atoms with E-state index in [1.54, 1.807) is 30.3 Å². The van der Waals surface area contributed by atoms with Crippen molar-refractivity contribution in [3.63, 3.8) is 0 Å². The molecule has 0 unspecified atom stereocenters. The van der Waals surface area contributed by atoms with Crippen LogP contribution in [0.2, 0.25) is 0 Å². The number of methoxy groups -OCH3 is 1. The summed E-state index contributed by atoms with van der Waals surface area (Å²) in [4.78, 5) is 39.3. The van der Waals surface area contributed by atoms with Gasteiger partial charge in [0.2, 0.25) is 0 Å². The summed E-state index contributed by atoms with van der Waals surface area (Å²) in [5.41, 5.74) is 2.69. The summed E-state index contributed by atoms with van der Waals surface area (Å²) in [6.45, 7) is 2.29. The van der Waals surface area contributed by atoms with Gasteiger partial charge in [0.15, 0.2) is 0 Å². The second-order valence-corrected chi connectivity index (χ2v) is 9.51. The number of amides is 4. The number of carbonyl (C=O) groups is 3. The maximum atomic E-state index is 13.3. The van der Waals surface area contributed by atoms with E-state index in [-0.39, 0.29) is 12.2 Å². The second kappa shape index (κ2) is 10.5. The molecule has 35 heavy (non-hydrogen) atoms. The Balaban J connectivity index is 1.69. The third-order valence-corrected chi connectivity index (χ3v) is 6.32. The summed E-state index contributed by atoms with van der Waals surface area (Å²) in [7, 11) is 1.52. The van der Waals surface area contributed by atoms with Crippen molar-refractivity contribution in [1.82, 2.24) is 5.32 Å². The van der Waals surface area contributed by atoms with Gasteiger partial charge in [0.25, 0.3) is 11.8 Å². The Labute approximate surface area is 219 Å². The number of carbonyl (C=O) groups excluding carboxylic acids is 3. The van der Waals surface area contributed by atoms with Gasteiger partial charge in [0.05, 0.1) is 17.3 Å². The number of urea groups is 1. The SMILES string of the molecule is COc1ccc(N2C(=O)NC(=O)/C(=C\c3cc(Br)cc(Br)c3OCc3ccc(C)cc3)C2=O)cc1. The van der Waals surface area contributed by atoms with Gasteiger partial charge in [-0.25, -0.2) is 9.69 Å². The fourth-order valence-corrected chi connectivity index (χ4v) is 4.83. The highest BCUT2D eigenvalue weighted by Crippen LogP contribution is 2.36. The number of nitrogens with one attached hydrogen (secondary N) is 1. The van der Waals surface area contributed by atoms with Crippen LogP contribution in [0.5, 0.6) is 11.5 Å². The number of hydrogen-bond donors (Lipinski definition) is 1. The fraction of sp³-hybridized carbons (Fsp3) is 0.115. The molecule has 3 aromatic rings. The van der Waals surface area contributed by atoms with Crippen molar-refractivity contribution in [3.8, 4) is 11.5 Å². The van der Waals surface area contributed by atoms with Gasteiger partial charge in [0, 0.05) is 10.0 Å². The average molecular weight is 600 g/mol. The quantitative estimate of drug-likeness (QED) is 0.287. The van der Waals surface area contributed by atoms with Crippen LogP contribution in [0, 0.1) is 6.92 Å². The van der Waals surface area contributed by atoms with Gasteiger partial charge in [0.1, 0.15) is 23.7 Å². The van der Waals surface area contributed by atoms with Gasteiger partial charge in [-0.2, -0.15) is 0 Å². The number of ether oxygens (including phenoxy) is 2. The molecule has 1 saturated heterocycles. The molecule has 0 aromatic heterocycles. The number of benzene rings is 3. The Hall–Kier alpha value is -3.43. The van der Waals surface area contributed by atoms with E-state index in [2.05, 4.69) is 37.2 Å². The molecule has 1 fully saturated rings. The predicted octanol–water partition coefficient (Wildman–Crippen LogP) is 5.77. The van der Waals surface area contributed by atoms with E-state index < -0.39 is 17.8 Å². The fourth-order valence-electron chi connectivity index (χ4n) is 3.46. The standard InChI is InChI=1S/C26H20Br2N2O5/c1-15-3-5-16(6-4-15)14-35-23-17(11-18(27)13-22(23)28)12-21-24(31)29-26(33)30(25(21)32)19-7-9-20(34-2)10-8-19/h3-13H,14H2,1-2H3,(H,29,31,33)/b21-12+. The highest BCUT2D eigenvalue weighted by atomic mass is 79.9. The summed E-state index contributed by atoms with van der Waals surface area (Å²) < 4.78 is 12.6. The molecule has 0 atom stereocenters. The number of nitrogens with zero attached hydrogens (tertiary/aromatic N) is 1. The predicted molar refractivity (Wildman–Crippen MR) is 139 cm³/mol. The smallest absolute Gasteiger partial charge is 0.335 e. The number of imide groups is 2. The summed E-state index contributed by atoms with van der Waals surface area (Å²) in [5.74, 6) is -0.510. The molecule has 9 heteroatoms. The van der Waals surface area contributed by atoms with Gasteiger partial charge in [-0.05, 0) is 70.9 Å². The number of halogens is 2. The normalized spacial score (nSPS) is 14.8. The molecule has 0 radical (unpaired) electrons. The van der Waals surface area contributed by atoms with Crippen LogP contribution in [-0.2, 0) is 16.2 Å². The summed E-state index contributed by atoms with van der Waals surface area (Å²) >= 11 is 6.94. The van der Waals surface area contributed by atoms with Gasteiger partial charge in [-0.1, -0.05) is 45.8 Å². The van der Waals surface area contributed by atoms with Crippen LogP contribution in [-0.4, -0.2) is 25.0 Å². The Morgan fingerprint density at radius 1 is 0.971 bits per heavy atom. The number of anilines is 1. The third-order valence-electron chi connectivity index (χ3n) is 5.27. The summed E-state index contributed by atoms with van der Waals surface area (Å²) in [6, 6.07) is 17.0. The molecule has 0 spiro atoms. The first-order valence-corrected chi connectivity index (χ1v) is 12.1. The molecule has 4 amide bonds. The molecule has 178 valence electrons. The lowest BCUT2D eigenvalue weighted by Gasteiger charge is -2.26. The lowest BCUT2D eigenvalue weighted by molar-refractivity contribution is -0.122. The van der Waals surface area contributed by atoms with Crippen molar-refractivity contribution >= 4 is 61.5 Å². The minimum atomic E-state index is -0.825. The van der Waals surface area contributed by atoms with Crippen molar-refractivity contribution in [3.05, 3.63) is 91.9 Å². The zero-order valence-electron chi connectivity index (χ0n) is 18.8. The zero-order valence-corrected chi connectivity index (χ0v) is 22.0. The van der Waals surface area contributed by atoms with Gasteiger partial charge < -0.3 is 9.47 Å². The molecule has 3 aromatic carbocycles. The monoisotopic (exact) mass is 598 g/mol. The lowest BCUT2D eigenvalue weighted by Crippen LogP contribution is -2.54. The average Bonchev–Trinajstić information content (AvgIpc) is 2.82. The minimum Gasteiger partial charge on any atom is -0.497 e. The maximum absolute atomic E-state index is 13.3. The van der Waals surface area contributed by atoms with Crippen molar-refractivity contribution < 1.29 is 23.9 Å². The van der Waals surface area contributed by atoms with Crippen LogP contribution >= 0.6 is 31.9 Å². The van der Waals surface area contributed by atoms with E-state index in [1.807, 2.05) is 37.3 Å². The van der Waals surface area contributed by atoms with Crippen LogP contribution < -0.4 is 19.7 Å². The molecule has 7 nitrogen and oxygen atoms in total. The van der Waals surface area contributed by atoms with Crippen LogP contribution in [0.3, 0.4) is 0 Å². The van der Waals surface area contributed by atoms with Crippen molar-refractivity contribution in [2.75, 3.05) is 12.0 Å². The van der Waals surface area contributed by atoms with E-state index in [0.29, 0.717) is 31.7 Å². The van der Waals surface area contributed by atoms with E-state index in [0.717, 1.165) is 16.0 Å². The van der Waals surface area contributed by atoms with E-state index >= 15 is 0 Å². The highest BCUT2D eigenvalue weighted by Gasteiger charge is 2.37. The molecular weight excluding hydrogens is 580 g/mol. The van der Waals surface area contributed by atoms with Crippen LogP contribution in [0.1, 0.15) is 16.7 Å². The Kier molecular flexibility index (Phi) is 7.37. The van der Waals surface area contributed by atoms with Crippen LogP contribution in [0.15, 0.2) is 75.2 Å². The first-order chi connectivity index (χ1) is 16.8. The molecule has 1 aliphatic heterocycles. The first kappa shape index (κ1) is 24.7. The van der Waals surface area contributed by atoms with Crippen molar-refractivity contribution in [2.24, 2.45) is 0 Å². The molecule has 1 N–H and O–H groups in total. The Morgan fingerprint density at radius 3 is 2.31 bits per heavy atom. The molecule has 4 rings (SSSR count). The second-order valence-electron chi connectivity index (χ2n) is 7.74. The topological polar surface area (TPSA) is 84.9 Å². The van der Waals surface area contributed by atoms with Crippen LogP contribution in [0.25, 0.3) is 6.08 Å². The van der Waals surface area contributed by atoms with E-state index in [4.69, 9.17) is 9.47 Å². The Morgan fingerprint density at radius 2 is 1.66 bits per heavy atom. The maximum Gasteiger partial charge on any atom is 0.335 e. The lowest BCUT2D eigenvalue weighted by atomic mass is 10.1. The molecule has 0 aliphatic carbocycles. The van der Waals surface area contributed by atoms with Crippen molar-refractivity contribution in [1.29, 1.82) is 0 Å². The number of hydrogen-bond acceptors (Lipinski definition) is 5. The van der Waals surface area contributed by atoms with E-state index in [9.17, 15) is 14.4 Å². The molecule has 1 heterocycles. The minimum absolute atomic E-state index is 0.203. The van der Waals surface area contributed by atoms with E-state index in [1.165, 1.54) is 13.2 Å². The molecule has 0 saturated carbocycles. The molecule has 1 aliphatic rings. The summed E-state index contributed by atoms with van der Waals surface area (Å²) in [5, 5.41) is 2.23. The van der Waals surface area contributed by atoms with Gasteiger partial charge >= 0.3 is 6.03 Å². The molecular formula is C26H20Br2N2O5. The highest BCUT2D eigenvalue weighted by molar-refractivity contribution is 9.11. The van der Waals surface area contributed by atoms with Gasteiger partial charge in [-0.15, -0.1) is 0 Å². The number of aryl methyl sites for hydroxylation is 1. The first-order valence-electron chi connectivity index (χ1n) is 10.5. The van der Waals surface area contributed by atoms with Crippen molar-refractivity contribution in [2.45, 2.75) is 13.5 Å². The van der Waals surface area contributed by atoms with Crippen LogP contribution in [0.4, 0.5) is 10.5 Å². The Bertz CT molecular complexity index is 1340. The number of barbiturate groups is 1. The van der Waals surface area contributed by atoms with Gasteiger partial charge in [-0.3, -0.25) is 14.9 Å². The number of rotatable bonds is 6. The third kappa shape index (κ3) is 5.47. The molecule has 0 bridgehead atoms. The summed E-state index contributed by atoms with van der Waals surface area (Å²) in [6.07, 6.45) is 1.42. The largest absolute Gasteiger partial charge is 0.497 e.